The molecule has 0 radical (unpaired) electrons. The van der Waals surface area contributed by atoms with Crippen molar-refractivity contribution in [1.29, 1.82) is 0 Å². The molecule has 21 heavy (non-hydrogen) atoms. The zero-order chi connectivity index (χ0) is 15.7. The van der Waals surface area contributed by atoms with Gasteiger partial charge >= 0.3 is 12.1 Å². The lowest BCUT2D eigenvalue weighted by Gasteiger charge is -2.32. The first kappa shape index (κ1) is 15.8. The summed E-state index contributed by atoms with van der Waals surface area (Å²) in [7, 11) is 1.35. The van der Waals surface area contributed by atoms with E-state index in [9.17, 15) is 18.0 Å². The van der Waals surface area contributed by atoms with E-state index in [0.717, 1.165) is 30.7 Å². The molecule has 1 atom stereocenters. The van der Waals surface area contributed by atoms with E-state index in [1.54, 1.807) is 0 Å². The number of esters is 1. The molecule has 0 bridgehead atoms. The van der Waals surface area contributed by atoms with Gasteiger partial charge in [0.2, 0.25) is 0 Å². The first-order valence-electron chi connectivity index (χ1n) is 6.77. The number of benzene rings is 1. The van der Waals surface area contributed by atoms with E-state index in [0.29, 0.717) is 13.0 Å². The molecule has 1 aliphatic heterocycles. The van der Waals surface area contributed by atoms with Gasteiger partial charge in [0.05, 0.1) is 12.7 Å². The maximum absolute atomic E-state index is 12.5. The number of carbonyl (C=O) groups is 1. The number of alkyl halides is 3. The molecule has 1 aliphatic rings. The highest BCUT2D eigenvalue weighted by atomic mass is 19.4. The van der Waals surface area contributed by atoms with Crippen LogP contribution in [-0.2, 0) is 22.3 Å². The smallest absolute Gasteiger partial charge is 0.416 e. The average molecular weight is 301 g/mol. The van der Waals surface area contributed by atoms with Crippen molar-refractivity contribution in [3.8, 4) is 0 Å². The number of hydrogen-bond donors (Lipinski definition) is 0. The molecule has 0 amide bonds. The van der Waals surface area contributed by atoms with E-state index in [2.05, 4.69) is 0 Å². The zero-order valence-electron chi connectivity index (χ0n) is 12.0. The Hall–Kier alpha value is -1.56. The van der Waals surface area contributed by atoms with Gasteiger partial charge in [-0.05, 0) is 44.0 Å². The summed E-state index contributed by atoms with van der Waals surface area (Å²) in [6, 6.07) is 5.06. The van der Waals surface area contributed by atoms with Gasteiger partial charge in [0.25, 0.3) is 0 Å². The molecule has 0 unspecified atom stereocenters. The second-order valence-corrected chi connectivity index (χ2v) is 5.49. The number of hydrogen-bond acceptors (Lipinski definition) is 3. The van der Waals surface area contributed by atoms with Crippen LogP contribution in [0.25, 0.3) is 0 Å². The SMILES string of the molecule is COC(=O)[C@@]1(C)CCCN1Cc1ccc(C(F)(F)F)cc1. The number of rotatable bonds is 3. The molecular weight excluding hydrogens is 283 g/mol. The topological polar surface area (TPSA) is 29.5 Å². The predicted octanol–water partition coefficient (Wildman–Crippen LogP) is 3.23. The Kier molecular flexibility index (Phi) is 4.27. The van der Waals surface area contributed by atoms with Crippen LogP contribution in [0.15, 0.2) is 24.3 Å². The minimum Gasteiger partial charge on any atom is -0.468 e. The third kappa shape index (κ3) is 3.20. The lowest BCUT2D eigenvalue weighted by atomic mass is 9.98. The van der Waals surface area contributed by atoms with Gasteiger partial charge < -0.3 is 4.74 Å². The molecule has 0 aromatic heterocycles. The number of ether oxygens (including phenoxy) is 1. The first-order chi connectivity index (χ1) is 9.77. The number of halogens is 3. The molecule has 0 saturated carbocycles. The van der Waals surface area contributed by atoms with E-state index in [-0.39, 0.29) is 5.97 Å². The lowest BCUT2D eigenvalue weighted by molar-refractivity contribution is -0.152. The van der Waals surface area contributed by atoms with Crippen LogP contribution in [0, 0.1) is 0 Å². The molecule has 1 fully saturated rings. The molecule has 6 heteroatoms. The molecule has 116 valence electrons. The van der Waals surface area contributed by atoms with Crippen LogP contribution in [0.2, 0.25) is 0 Å². The van der Waals surface area contributed by atoms with Gasteiger partial charge in [0.15, 0.2) is 0 Å². The fraction of sp³-hybridized carbons (Fsp3) is 0.533. The summed E-state index contributed by atoms with van der Waals surface area (Å²) in [5.74, 6) is -0.299. The fourth-order valence-electron chi connectivity index (χ4n) is 2.74. The van der Waals surface area contributed by atoms with Gasteiger partial charge in [-0.15, -0.1) is 0 Å². The van der Waals surface area contributed by atoms with E-state index in [4.69, 9.17) is 4.74 Å². The molecule has 1 aromatic rings. The van der Waals surface area contributed by atoms with Crippen molar-refractivity contribution in [3.63, 3.8) is 0 Å². The first-order valence-corrected chi connectivity index (χ1v) is 6.77. The van der Waals surface area contributed by atoms with Crippen molar-refractivity contribution in [1.82, 2.24) is 4.90 Å². The van der Waals surface area contributed by atoms with Crippen molar-refractivity contribution < 1.29 is 22.7 Å². The van der Waals surface area contributed by atoms with Crippen LogP contribution in [-0.4, -0.2) is 30.1 Å². The van der Waals surface area contributed by atoms with E-state index in [1.807, 2.05) is 11.8 Å². The summed E-state index contributed by atoms with van der Waals surface area (Å²) in [6.45, 7) is 2.98. The Balaban J connectivity index is 2.13. The van der Waals surface area contributed by atoms with E-state index < -0.39 is 17.3 Å². The molecule has 1 heterocycles. The second-order valence-electron chi connectivity index (χ2n) is 5.49. The number of carbonyl (C=O) groups excluding carboxylic acids is 1. The average Bonchev–Trinajstić information content (AvgIpc) is 2.80. The van der Waals surface area contributed by atoms with Crippen LogP contribution in [0.4, 0.5) is 13.2 Å². The Morgan fingerprint density at radius 1 is 1.33 bits per heavy atom. The normalized spacial score (nSPS) is 23.3. The van der Waals surface area contributed by atoms with Gasteiger partial charge in [-0.1, -0.05) is 12.1 Å². The highest BCUT2D eigenvalue weighted by Gasteiger charge is 2.44. The number of nitrogens with zero attached hydrogens (tertiary/aromatic N) is 1. The molecule has 2 rings (SSSR count). The molecule has 0 N–H and O–H groups in total. The van der Waals surface area contributed by atoms with Crippen LogP contribution in [0.3, 0.4) is 0 Å². The van der Waals surface area contributed by atoms with E-state index >= 15 is 0 Å². The van der Waals surface area contributed by atoms with Crippen LogP contribution in [0.5, 0.6) is 0 Å². The summed E-state index contributed by atoms with van der Waals surface area (Å²) in [5, 5.41) is 0. The fourth-order valence-corrected chi connectivity index (χ4v) is 2.74. The third-order valence-corrected chi connectivity index (χ3v) is 4.07. The number of methoxy groups -OCH3 is 1. The zero-order valence-corrected chi connectivity index (χ0v) is 12.0. The second kappa shape index (κ2) is 5.67. The standard InChI is InChI=1S/C15H18F3NO2/c1-14(13(20)21-2)8-3-9-19(14)10-11-4-6-12(7-5-11)15(16,17)18/h4-7H,3,8-10H2,1-2H3/t14-/m1/s1. The minimum absolute atomic E-state index is 0.299. The molecule has 3 nitrogen and oxygen atoms in total. The van der Waals surface area contributed by atoms with Gasteiger partial charge in [-0.3, -0.25) is 9.69 Å². The maximum atomic E-state index is 12.5. The summed E-state index contributed by atoms with van der Waals surface area (Å²) < 4.78 is 42.4. The molecule has 0 spiro atoms. The van der Waals surface area contributed by atoms with Gasteiger partial charge in [-0.2, -0.15) is 13.2 Å². The third-order valence-electron chi connectivity index (χ3n) is 4.07. The number of likely N-dealkylation sites (tertiary alicyclic amines) is 1. The highest BCUT2D eigenvalue weighted by Crippen LogP contribution is 2.33. The van der Waals surface area contributed by atoms with Crippen molar-refractivity contribution in [3.05, 3.63) is 35.4 Å². The quantitative estimate of drug-likeness (QED) is 0.803. The minimum atomic E-state index is -4.33. The van der Waals surface area contributed by atoms with Gasteiger partial charge in [0.1, 0.15) is 5.54 Å². The molecular formula is C15H18F3NO2. The molecule has 1 saturated heterocycles. The Morgan fingerprint density at radius 3 is 2.48 bits per heavy atom. The summed E-state index contributed by atoms with van der Waals surface area (Å²) in [4.78, 5) is 13.9. The van der Waals surface area contributed by atoms with Gasteiger partial charge in [0, 0.05) is 6.54 Å². The van der Waals surface area contributed by atoms with Crippen LogP contribution >= 0.6 is 0 Å². The maximum Gasteiger partial charge on any atom is 0.416 e. The summed E-state index contributed by atoms with van der Waals surface area (Å²) in [6.07, 6.45) is -2.76. The monoisotopic (exact) mass is 301 g/mol. The van der Waals surface area contributed by atoms with Crippen molar-refractivity contribution >= 4 is 5.97 Å². The highest BCUT2D eigenvalue weighted by molar-refractivity contribution is 5.80. The van der Waals surface area contributed by atoms with E-state index in [1.165, 1.54) is 19.2 Å². The van der Waals surface area contributed by atoms with Crippen molar-refractivity contribution in [2.75, 3.05) is 13.7 Å². The summed E-state index contributed by atoms with van der Waals surface area (Å²) in [5.41, 5.74) is -0.610. The van der Waals surface area contributed by atoms with Crippen molar-refractivity contribution in [2.24, 2.45) is 0 Å². The van der Waals surface area contributed by atoms with Gasteiger partial charge in [-0.25, -0.2) is 0 Å². The summed E-state index contributed by atoms with van der Waals surface area (Å²) >= 11 is 0. The Morgan fingerprint density at radius 2 is 1.95 bits per heavy atom. The van der Waals surface area contributed by atoms with Crippen LogP contribution in [0.1, 0.15) is 30.9 Å². The lowest BCUT2D eigenvalue weighted by Crippen LogP contribution is -2.48. The Labute approximate surface area is 121 Å². The Bertz CT molecular complexity index is 513. The molecule has 0 aliphatic carbocycles. The predicted molar refractivity (Wildman–Crippen MR) is 71.5 cm³/mol. The largest absolute Gasteiger partial charge is 0.468 e. The molecule has 1 aromatic carbocycles. The van der Waals surface area contributed by atoms with Crippen LogP contribution < -0.4 is 0 Å². The van der Waals surface area contributed by atoms with Crippen molar-refractivity contribution in [2.45, 2.75) is 38.0 Å².